The molecule has 0 aliphatic carbocycles. The van der Waals surface area contributed by atoms with Crippen LogP contribution in [0, 0.1) is 0 Å². The molecule has 5 nitrogen and oxygen atoms in total. The molecule has 1 aliphatic heterocycles. The van der Waals surface area contributed by atoms with Crippen molar-refractivity contribution >= 4 is 27.5 Å². The number of hydrogen-bond donors (Lipinski definition) is 1. The molecule has 138 valence electrons. The monoisotopic (exact) mass is 392 g/mol. The van der Waals surface area contributed by atoms with E-state index in [1.54, 1.807) is 24.3 Å². The Hall–Kier alpha value is -1.89. The number of carbonyl (C=O) groups excluding carboxylic acids is 1. The summed E-state index contributed by atoms with van der Waals surface area (Å²) < 4.78 is 26.5. The lowest BCUT2D eigenvalue weighted by molar-refractivity contribution is 0.0940. The average Bonchev–Trinajstić information content (AvgIpc) is 3.18. The summed E-state index contributed by atoms with van der Waals surface area (Å²) >= 11 is 5.88. The number of carbonyl (C=O) groups is 1. The van der Waals surface area contributed by atoms with Gasteiger partial charge in [0.05, 0.1) is 10.9 Å². The summed E-state index contributed by atoms with van der Waals surface area (Å²) in [6.07, 6.45) is 1.78. The minimum absolute atomic E-state index is 0.187. The molecule has 1 N–H and O–H groups in total. The first-order valence-corrected chi connectivity index (χ1v) is 10.4. The first kappa shape index (κ1) is 18.9. The van der Waals surface area contributed by atoms with Crippen LogP contribution in [0.2, 0.25) is 5.02 Å². The number of hydrogen-bond acceptors (Lipinski definition) is 3. The highest BCUT2D eigenvalue weighted by atomic mass is 35.5. The summed E-state index contributed by atoms with van der Waals surface area (Å²) in [7, 11) is -3.46. The Kier molecular flexibility index (Phi) is 5.65. The van der Waals surface area contributed by atoms with Crippen LogP contribution in [0.4, 0.5) is 0 Å². The molecule has 26 heavy (non-hydrogen) atoms. The first-order valence-electron chi connectivity index (χ1n) is 8.54. The Morgan fingerprint density at radius 2 is 1.62 bits per heavy atom. The fourth-order valence-electron chi connectivity index (χ4n) is 2.97. The number of nitrogens with one attached hydrogen (secondary N) is 1. The molecule has 0 unspecified atom stereocenters. The minimum Gasteiger partial charge on any atom is -0.346 e. The summed E-state index contributed by atoms with van der Waals surface area (Å²) in [5, 5.41) is 3.54. The third-order valence-electron chi connectivity index (χ3n) is 4.54. The van der Waals surface area contributed by atoms with Crippen LogP contribution >= 0.6 is 11.6 Å². The molecule has 0 spiro atoms. The number of amides is 1. The van der Waals surface area contributed by atoms with Crippen molar-refractivity contribution in [2.45, 2.75) is 30.7 Å². The highest BCUT2D eigenvalue weighted by molar-refractivity contribution is 7.89. The predicted octanol–water partition coefficient (Wildman–Crippen LogP) is 3.62. The molecule has 0 radical (unpaired) electrons. The highest BCUT2D eigenvalue weighted by Gasteiger charge is 2.27. The van der Waals surface area contributed by atoms with Gasteiger partial charge in [-0.05, 0) is 61.7 Å². The summed E-state index contributed by atoms with van der Waals surface area (Å²) in [6.45, 7) is 3.00. The van der Waals surface area contributed by atoms with Crippen molar-refractivity contribution in [1.29, 1.82) is 0 Å². The van der Waals surface area contributed by atoms with E-state index >= 15 is 0 Å². The number of sulfonamides is 1. The van der Waals surface area contributed by atoms with Crippen LogP contribution in [0.5, 0.6) is 0 Å². The third kappa shape index (κ3) is 4.09. The van der Waals surface area contributed by atoms with Crippen molar-refractivity contribution < 1.29 is 13.2 Å². The molecular formula is C19H21ClN2O3S. The lowest BCUT2D eigenvalue weighted by atomic mass is 10.1. The normalized spacial score (nSPS) is 16.4. The third-order valence-corrected chi connectivity index (χ3v) is 6.70. The van der Waals surface area contributed by atoms with Crippen LogP contribution in [-0.2, 0) is 10.0 Å². The molecule has 1 heterocycles. The Bertz CT molecular complexity index is 874. The van der Waals surface area contributed by atoms with Crippen LogP contribution in [0.1, 0.15) is 41.7 Å². The number of halogens is 1. The molecule has 0 aromatic heterocycles. The Balaban J connectivity index is 1.69. The molecule has 2 aromatic carbocycles. The second-order valence-electron chi connectivity index (χ2n) is 6.38. The van der Waals surface area contributed by atoms with E-state index < -0.39 is 10.0 Å². The second-order valence-corrected chi connectivity index (χ2v) is 8.76. The zero-order chi connectivity index (χ0) is 18.7. The van der Waals surface area contributed by atoms with Gasteiger partial charge in [0, 0.05) is 23.7 Å². The van der Waals surface area contributed by atoms with E-state index in [9.17, 15) is 13.2 Å². The van der Waals surface area contributed by atoms with Crippen molar-refractivity contribution in [2.75, 3.05) is 13.1 Å². The molecule has 1 saturated heterocycles. The van der Waals surface area contributed by atoms with Gasteiger partial charge >= 0.3 is 0 Å². The van der Waals surface area contributed by atoms with Gasteiger partial charge in [-0.1, -0.05) is 23.7 Å². The molecule has 3 rings (SSSR count). The molecule has 7 heteroatoms. The minimum atomic E-state index is -3.46. The van der Waals surface area contributed by atoms with Gasteiger partial charge in [-0.3, -0.25) is 4.79 Å². The lowest BCUT2D eigenvalue weighted by Crippen LogP contribution is -2.28. The Labute approximate surface area is 159 Å². The van der Waals surface area contributed by atoms with Gasteiger partial charge in [0.25, 0.3) is 5.91 Å². The summed E-state index contributed by atoms with van der Waals surface area (Å²) in [6, 6.07) is 13.2. The van der Waals surface area contributed by atoms with Gasteiger partial charge in [-0.25, -0.2) is 8.42 Å². The molecule has 2 aromatic rings. The van der Waals surface area contributed by atoms with Crippen LogP contribution in [0.15, 0.2) is 53.4 Å². The maximum Gasteiger partial charge on any atom is 0.251 e. The molecule has 0 bridgehead atoms. The van der Waals surface area contributed by atoms with Crippen molar-refractivity contribution in [3.05, 3.63) is 64.7 Å². The zero-order valence-electron chi connectivity index (χ0n) is 14.5. The van der Waals surface area contributed by atoms with E-state index in [2.05, 4.69) is 5.32 Å². The fraction of sp³-hybridized carbons (Fsp3) is 0.316. The SMILES string of the molecule is C[C@H](NC(=O)c1ccc(S(=O)(=O)N2CCCC2)cc1)c1ccc(Cl)cc1. The lowest BCUT2D eigenvalue weighted by Gasteiger charge is -2.16. The van der Waals surface area contributed by atoms with Crippen LogP contribution < -0.4 is 5.32 Å². The molecular weight excluding hydrogens is 372 g/mol. The van der Waals surface area contributed by atoms with Gasteiger partial charge in [-0.15, -0.1) is 0 Å². The van der Waals surface area contributed by atoms with Gasteiger partial charge in [0.1, 0.15) is 0 Å². The topological polar surface area (TPSA) is 66.5 Å². The van der Waals surface area contributed by atoms with Crippen LogP contribution in [0.3, 0.4) is 0 Å². The van der Waals surface area contributed by atoms with Gasteiger partial charge in [-0.2, -0.15) is 4.31 Å². The largest absolute Gasteiger partial charge is 0.346 e. The quantitative estimate of drug-likeness (QED) is 0.845. The fourth-order valence-corrected chi connectivity index (χ4v) is 4.61. The smallest absolute Gasteiger partial charge is 0.251 e. The average molecular weight is 393 g/mol. The van der Waals surface area contributed by atoms with E-state index in [0.29, 0.717) is 23.7 Å². The zero-order valence-corrected chi connectivity index (χ0v) is 16.1. The number of benzene rings is 2. The molecule has 1 aliphatic rings. The predicted molar refractivity (Wildman–Crippen MR) is 102 cm³/mol. The summed E-state index contributed by atoms with van der Waals surface area (Å²) in [5.41, 5.74) is 1.36. The summed E-state index contributed by atoms with van der Waals surface area (Å²) in [4.78, 5) is 12.6. The Morgan fingerprint density at radius 3 is 2.19 bits per heavy atom. The van der Waals surface area contributed by atoms with E-state index in [1.807, 2.05) is 19.1 Å². The second kappa shape index (κ2) is 7.78. The van der Waals surface area contributed by atoms with Crippen molar-refractivity contribution in [3.8, 4) is 0 Å². The highest BCUT2D eigenvalue weighted by Crippen LogP contribution is 2.21. The van der Waals surface area contributed by atoms with Gasteiger partial charge < -0.3 is 5.32 Å². The summed E-state index contributed by atoms with van der Waals surface area (Å²) in [5.74, 6) is -0.252. The molecule has 1 fully saturated rings. The first-order chi connectivity index (χ1) is 12.4. The van der Waals surface area contributed by atoms with Crippen LogP contribution in [0.25, 0.3) is 0 Å². The molecule has 0 saturated carbocycles. The number of nitrogens with zero attached hydrogens (tertiary/aromatic N) is 1. The molecule has 1 amide bonds. The standard InChI is InChI=1S/C19H21ClN2O3S/c1-14(15-4-8-17(20)9-5-15)21-19(23)16-6-10-18(11-7-16)26(24,25)22-12-2-3-13-22/h4-11,14H,2-3,12-13H2,1H3,(H,21,23)/t14-/m0/s1. The maximum atomic E-state index is 12.5. The number of rotatable bonds is 5. The van der Waals surface area contributed by atoms with Gasteiger partial charge in [0.2, 0.25) is 10.0 Å². The van der Waals surface area contributed by atoms with Crippen molar-refractivity contribution in [1.82, 2.24) is 9.62 Å². The van der Waals surface area contributed by atoms with E-state index in [1.165, 1.54) is 16.4 Å². The van der Waals surface area contributed by atoms with Gasteiger partial charge in [0.15, 0.2) is 0 Å². The van der Waals surface area contributed by atoms with E-state index in [0.717, 1.165) is 18.4 Å². The Morgan fingerprint density at radius 1 is 1.04 bits per heavy atom. The van der Waals surface area contributed by atoms with E-state index in [4.69, 9.17) is 11.6 Å². The van der Waals surface area contributed by atoms with E-state index in [-0.39, 0.29) is 16.8 Å². The van der Waals surface area contributed by atoms with Crippen LogP contribution in [-0.4, -0.2) is 31.7 Å². The van der Waals surface area contributed by atoms with Crippen molar-refractivity contribution in [3.63, 3.8) is 0 Å². The maximum absolute atomic E-state index is 12.5. The molecule has 1 atom stereocenters. The van der Waals surface area contributed by atoms with Crippen molar-refractivity contribution in [2.24, 2.45) is 0 Å².